The number of nitrogen functional groups attached to an aromatic ring is 2. The predicted octanol–water partition coefficient (Wildman–Crippen LogP) is 2.11. The van der Waals surface area contributed by atoms with E-state index in [1.165, 1.54) is 0 Å². The number of aliphatic hydroxyl groups excluding tert-OH is 1. The van der Waals surface area contributed by atoms with E-state index >= 15 is 0 Å². The molecule has 0 bridgehead atoms. The molecule has 0 saturated carbocycles. The number of hydrogen-bond acceptors (Lipinski definition) is 4. The molecule has 16 heavy (non-hydrogen) atoms. The van der Waals surface area contributed by atoms with E-state index in [0.29, 0.717) is 17.8 Å². The Kier molecular flexibility index (Phi) is 3.12. The van der Waals surface area contributed by atoms with Crippen molar-refractivity contribution in [2.75, 3.05) is 18.1 Å². The van der Waals surface area contributed by atoms with Gasteiger partial charge >= 0.3 is 0 Å². The SMILES string of the molecule is Nc1cc(CCO)c(N)c(-c2ccsc2)c1. The minimum Gasteiger partial charge on any atom is -0.399 e. The second-order valence-electron chi connectivity index (χ2n) is 3.63. The molecule has 2 rings (SSSR count). The van der Waals surface area contributed by atoms with E-state index in [-0.39, 0.29) is 6.61 Å². The van der Waals surface area contributed by atoms with Crippen LogP contribution in [-0.4, -0.2) is 11.7 Å². The van der Waals surface area contributed by atoms with Gasteiger partial charge in [0.25, 0.3) is 0 Å². The van der Waals surface area contributed by atoms with Crippen LogP contribution in [0.4, 0.5) is 11.4 Å². The summed E-state index contributed by atoms with van der Waals surface area (Å²) in [6, 6.07) is 5.71. The number of aliphatic hydroxyl groups is 1. The second-order valence-corrected chi connectivity index (χ2v) is 4.41. The lowest BCUT2D eigenvalue weighted by atomic mass is 10.00. The molecule has 0 aliphatic heterocycles. The summed E-state index contributed by atoms with van der Waals surface area (Å²) in [5, 5.41) is 13.0. The number of nitrogens with two attached hydrogens (primary N) is 2. The number of benzene rings is 1. The molecule has 0 saturated heterocycles. The van der Waals surface area contributed by atoms with Gasteiger partial charge in [0.05, 0.1) is 0 Å². The minimum atomic E-state index is 0.0801. The minimum absolute atomic E-state index is 0.0801. The Bertz CT molecular complexity index is 480. The van der Waals surface area contributed by atoms with Gasteiger partial charge in [-0.25, -0.2) is 0 Å². The average Bonchev–Trinajstić information content (AvgIpc) is 2.76. The molecule has 1 aromatic heterocycles. The van der Waals surface area contributed by atoms with Crippen molar-refractivity contribution in [2.24, 2.45) is 0 Å². The van der Waals surface area contributed by atoms with Crippen LogP contribution in [0.1, 0.15) is 5.56 Å². The van der Waals surface area contributed by atoms with Gasteiger partial charge in [-0.2, -0.15) is 11.3 Å². The standard InChI is InChI=1S/C12H14N2OS/c13-10-5-8(1-3-15)12(14)11(6-10)9-2-4-16-7-9/h2,4-7,15H,1,3,13-14H2. The molecule has 0 radical (unpaired) electrons. The summed E-state index contributed by atoms with van der Waals surface area (Å²) < 4.78 is 0. The number of anilines is 2. The topological polar surface area (TPSA) is 72.3 Å². The van der Waals surface area contributed by atoms with Crippen molar-refractivity contribution < 1.29 is 5.11 Å². The quantitative estimate of drug-likeness (QED) is 0.712. The van der Waals surface area contributed by atoms with Crippen LogP contribution in [0.5, 0.6) is 0 Å². The molecule has 0 spiro atoms. The Balaban J connectivity index is 2.53. The highest BCUT2D eigenvalue weighted by atomic mass is 32.1. The second kappa shape index (κ2) is 4.55. The monoisotopic (exact) mass is 234 g/mol. The Labute approximate surface area is 98.3 Å². The van der Waals surface area contributed by atoms with E-state index < -0.39 is 0 Å². The van der Waals surface area contributed by atoms with Crippen LogP contribution >= 0.6 is 11.3 Å². The van der Waals surface area contributed by atoms with Gasteiger partial charge in [-0.3, -0.25) is 0 Å². The van der Waals surface area contributed by atoms with Crippen LogP contribution < -0.4 is 11.5 Å². The highest BCUT2D eigenvalue weighted by Gasteiger charge is 2.09. The third kappa shape index (κ3) is 2.03. The number of hydrogen-bond donors (Lipinski definition) is 3. The van der Waals surface area contributed by atoms with Gasteiger partial charge in [-0.05, 0) is 46.5 Å². The van der Waals surface area contributed by atoms with Crippen LogP contribution in [0, 0.1) is 0 Å². The van der Waals surface area contributed by atoms with E-state index in [1.54, 1.807) is 11.3 Å². The van der Waals surface area contributed by atoms with Crippen LogP contribution in [0.25, 0.3) is 11.1 Å². The molecular weight excluding hydrogens is 220 g/mol. The summed E-state index contributed by atoms with van der Waals surface area (Å²) >= 11 is 1.62. The van der Waals surface area contributed by atoms with Gasteiger partial charge in [0, 0.05) is 23.5 Å². The van der Waals surface area contributed by atoms with E-state index in [2.05, 4.69) is 0 Å². The van der Waals surface area contributed by atoms with Crippen LogP contribution in [-0.2, 0) is 6.42 Å². The lowest BCUT2D eigenvalue weighted by Gasteiger charge is -2.11. The Hall–Kier alpha value is -1.52. The van der Waals surface area contributed by atoms with E-state index in [9.17, 15) is 0 Å². The lowest BCUT2D eigenvalue weighted by molar-refractivity contribution is 0.300. The molecule has 0 atom stereocenters. The first-order valence-electron chi connectivity index (χ1n) is 5.03. The van der Waals surface area contributed by atoms with Gasteiger partial charge in [-0.1, -0.05) is 0 Å². The van der Waals surface area contributed by atoms with Crippen molar-refractivity contribution >= 4 is 22.7 Å². The summed E-state index contributed by atoms with van der Waals surface area (Å²) in [7, 11) is 0. The fraction of sp³-hybridized carbons (Fsp3) is 0.167. The molecule has 4 heteroatoms. The Morgan fingerprint density at radius 2 is 2.06 bits per heavy atom. The van der Waals surface area contributed by atoms with Crippen molar-refractivity contribution in [1.82, 2.24) is 0 Å². The zero-order chi connectivity index (χ0) is 11.5. The van der Waals surface area contributed by atoms with E-state index in [0.717, 1.165) is 16.7 Å². The molecule has 1 aromatic carbocycles. The zero-order valence-corrected chi connectivity index (χ0v) is 9.63. The average molecular weight is 234 g/mol. The summed E-state index contributed by atoms with van der Waals surface area (Å²) in [6.45, 7) is 0.0801. The highest BCUT2D eigenvalue weighted by molar-refractivity contribution is 7.08. The maximum Gasteiger partial charge on any atom is 0.0472 e. The normalized spacial score (nSPS) is 10.6. The van der Waals surface area contributed by atoms with Crippen molar-refractivity contribution in [1.29, 1.82) is 0 Å². The van der Waals surface area contributed by atoms with Gasteiger partial charge in [0.1, 0.15) is 0 Å². The number of thiophene rings is 1. The summed E-state index contributed by atoms with van der Waals surface area (Å²) in [4.78, 5) is 0. The summed E-state index contributed by atoms with van der Waals surface area (Å²) in [6.07, 6.45) is 0.536. The van der Waals surface area contributed by atoms with Gasteiger partial charge in [-0.15, -0.1) is 0 Å². The molecule has 0 aliphatic rings. The number of rotatable bonds is 3. The third-order valence-corrected chi connectivity index (χ3v) is 3.18. The maximum absolute atomic E-state index is 8.96. The van der Waals surface area contributed by atoms with Crippen LogP contribution in [0.15, 0.2) is 29.0 Å². The van der Waals surface area contributed by atoms with Gasteiger partial charge in [0.15, 0.2) is 0 Å². The molecule has 0 fully saturated rings. The Morgan fingerprint density at radius 3 is 2.69 bits per heavy atom. The summed E-state index contributed by atoms with van der Waals surface area (Å²) in [5.74, 6) is 0. The third-order valence-electron chi connectivity index (χ3n) is 2.50. The van der Waals surface area contributed by atoms with Crippen LogP contribution in [0.3, 0.4) is 0 Å². The smallest absolute Gasteiger partial charge is 0.0472 e. The van der Waals surface area contributed by atoms with Crippen molar-refractivity contribution in [3.05, 3.63) is 34.5 Å². The maximum atomic E-state index is 8.96. The molecule has 0 unspecified atom stereocenters. The molecule has 0 amide bonds. The molecular formula is C12H14N2OS. The van der Waals surface area contributed by atoms with Crippen molar-refractivity contribution in [3.63, 3.8) is 0 Å². The molecule has 2 aromatic rings. The van der Waals surface area contributed by atoms with Gasteiger partial charge < -0.3 is 16.6 Å². The lowest BCUT2D eigenvalue weighted by Crippen LogP contribution is -2.01. The van der Waals surface area contributed by atoms with Crippen molar-refractivity contribution in [3.8, 4) is 11.1 Å². The first-order chi connectivity index (χ1) is 7.72. The molecule has 84 valence electrons. The summed E-state index contributed by atoms with van der Waals surface area (Å²) in [5.41, 5.74) is 16.2. The largest absolute Gasteiger partial charge is 0.399 e. The predicted molar refractivity (Wildman–Crippen MR) is 69.4 cm³/mol. The fourth-order valence-corrected chi connectivity index (χ4v) is 2.38. The molecule has 3 nitrogen and oxygen atoms in total. The zero-order valence-electron chi connectivity index (χ0n) is 8.81. The van der Waals surface area contributed by atoms with E-state index in [1.807, 2.05) is 29.0 Å². The Morgan fingerprint density at radius 1 is 1.25 bits per heavy atom. The fourth-order valence-electron chi connectivity index (χ4n) is 1.72. The van der Waals surface area contributed by atoms with Crippen LogP contribution in [0.2, 0.25) is 0 Å². The molecule has 0 aliphatic carbocycles. The van der Waals surface area contributed by atoms with Crippen molar-refractivity contribution in [2.45, 2.75) is 6.42 Å². The first-order valence-corrected chi connectivity index (χ1v) is 5.98. The molecule has 1 heterocycles. The molecule has 5 N–H and O–H groups in total. The first kappa shape index (κ1) is 11.0. The van der Waals surface area contributed by atoms with E-state index in [4.69, 9.17) is 16.6 Å². The highest BCUT2D eigenvalue weighted by Crippen LogP contribution is 2.32. The van der Waals surface area contributed by atoms with Gasteiger partial charge in [0.2, 0.25) is 0 Å².